The van der Waals surface area contributed by atoms with Gasteiger partial charge in [0.05, 0.1) is 19.1 Å². The monoisotopic (exact) mass is 184 g/mol. The number of carbonyl (C=O) groups is 1. The molecule has 2 aliphatic rings. The zero-order valence-electron chi connectivity index (χ0n) is 8.06. The zero-order valence-corrected chi connectivity index (χ0v) is 8.06. The number of hydrogen-bond acceptors (Lipinski definition) is 3. The van der Waals surface area contributed by atoms with E-state index in [2.05, 4.69) is 0 Å². The first kappa shape index (κ1) is 9.00. The van der Waals surface area contributed by atoms with Gasteiger partial charge in [-0.25, -0.2) is 0 Å². The molecule has 2 aliphatic carbocycles. The lowest BCUT2D eigenvalue weighted by Crippen LogP contribution is -2.19. The first-order chi connectivity index (χ1) is 6.15. The SMILES string of the molecule is COC(=O)C(C)[C@H]1[C@@H]2C[C@@H](O)C[C@@H]21. The molecule has 0 aromatic heterocycles. The maximum absolute atomic E-state index is 11.2. The maximum Gasteiger partial charge on any atom is 0.308 e. The van der Waals surface area contributed by atoms with Gasteiger partial charge in [0.1, 0.15) is 0 Å². The second-order valence-electron chi connectivity index (χ2n) is 4.34. The van der Waals surface area contributed by atoms with Crippen LogP contribution >= 0.6 is 0 Å². The number of aliphatic hydroxyl groups is 1. The van der Waals surface area contributed by atoms with Crippen LogP contribution in [0.2, 0.25) is 0 Å². The third-order valence-electron chi connectivity index (χ3n) is 3.64. The Labute approximate surface area is 78.1 Å². The summed E-state index contributed by atoms with van der Waals surface area (Å²) in [6.07, 6.45) is 1.66. The molecular weight excluding hydrogens is 168 g/mol. The highest BCUT2D eigenvalue weighted by Crippen LogP contribution is 2.60. The minimum absolute atomic E-state index is 0.0208. The topological polar surface area (TPSA) is 46.5 Å². The van der Waals surface area contributed by atoms with Crippen molar-refractivity contribution in [3.63, 3.8) is 0 Å². The maximum atomic E-state index is 11.2. The van der Waals surface area contributed by atoms with Crippen molar-refractivity contribution in [1.82, 2.24) is 0 Å². The van der Waals surface area contributed by atoms with E-state index in [-0.39, 0.29) is 18.0 Å². The molecule has 2 rings (SSSR count). The highest BCUT2D eigenvalue weighted by atomic mass is 16.5. The lowest BCUT2D eigenvalue weighted by Gasteiger charge is -2.12. The van der Waals surface area contributed by atoms with E-state index in [9.17, 15) is 9.90 Å². The molecule has 0 saturated heterocycles. The number of methoxy groups -OCH3 is 1. The first-order valence-electron chi connectivity index (χ1n) is 4.91. The van der Waals surface area contributed by atoms with Gasteiger partial charge >= 0.3 is 5.97 Å². The summed E-state index contributed by atoms with van der Waals surface area (Å²) in [6.45, 7) is 1.93. The van der Waals surface area contributed by atoms with Gasteiger partial charge in [0.2, 0.25) is 0 Å². The van der Waals surface area contributed by atoms with E-state index in [1.165, 1.54) is 7.11 Å². The minimum atomic E-state index is -0.115. The molecule has 0 spiro atoms. The van der Waals surface area contributed by atoms with Gasteiger partial charge in [-0.15, -0.1) is 0 Å². The Hall–Kier alpha value is -0.570. The quantitative estimate of drug-likeness (QED) is 0.646. The number of aliphatic hydroxyl groups excluding tert-OH is 1. The number of carbonyl (C=O) groups excluding carboxylic acids is 1. The average Bonchev–Trinajstić information content (AvgIpc) is 2.62. The summed E-state index contributed by atoms with van der Waals surface area (Å²) in [5, 5.41) is 9.31. The van der Waals surface area contributed by atoms with E-state index < -0.39 is 0 Å². The van der Waals surface area contributed by atoms with Gasteiger partial charge in [0, 0.05) is 0 Å². The van der Waals surface area contributed by atoms with E-state index in [0.29, 0.717) is 17.8 Å². The molecule has 0 aliphatic heterocycles. The normalized spacial score (nSPS) is 43.9. The Morgan fingerprint density at radius 3 is 2.46 bits per heavy atom. The van der Waals surface area contributed by atoms with Crippen LogP contribution in [0.4, 0.5) is 0 Å². The molecule has 5 atom stereocenters. The molecule has 2 saturated carbocycles. The van der Waals surface area contributed by atoms with Crippen molar-refractivity contribution in [2.45, 2.75) is 25.9 Å². The van der Waals surface area contributed by atoms with E-state index in [1.54, 1.807) is 0 Å². The third kappa shape index (κ3) is 1.35. The molecule has 3 heteroatoms. The minimum Gasteiger partial charge on any atom is -0.469 e. The molecule has 0 radical (unpaired) electrons. The van der Waals surface area contributed by atoms with Crippen LogP contribution in [0.1, 0.15) is 19.8 Å². The molecular formula is C10H16O3. The molecule has 3 nitrogen and oxygen atoms in total. The van der Waals surface area contributed by atoms with Gasteiger partial charge in [-0.3, -0.25) is 4.79 Å². The Morgan fingerprint density at radius 2 is 2.00 bits per heavy atom. The van der Waals surface area contributed by atoms with Crippen LogP contribution in [-0.2, 0) is 9.53 Å². The second kappa shape index (κ2) is 2.98. The summed E-state index contributed by atoms with van der Waals surface area (Å²) >= 11 is 0. The van der Waals surface area contributed by atoms with Crippen LogP contribution in [0, 0.1) is 23.7 Å². The molecule has 0 aromatic rings. The second-order valence-corrected chi connectivity index (χ2v) is 4.34. The van der Waals surface area contributed by atoms with Crippen molar-refractivity contribution in [2.24, 2.45) is 23.7 Å². The Balaban J connectivity index is 1.90. The highest BCUT2D eigenvalue weighted by Gasteiger charge is 2.59. The number of rotatable bonds is 2. The summed E-state index contributed by atoms with van der Waals surface area (Å²) in [5.41, 5.74) is 0. The van der Waals surface area contributed by atoms with Crippen LogP contribution in [0.5, 0.6) is 0 Å². The summed E-state index contributed by atoms with van der Waals surface area (Å²) < 4.78 is 4.70. The summed E-state index contributed by atoms with van der Waals surface area (Å²) in [4.78, 5) is 11.2. The molecule has 1 unspecified atom stereocenters. The average molecular weight is 184 g/mol. The molecule has 0 heterocycles. The predicted molar refractivity (Wildman–Crippen MR) is 46.9 cm³/mol. The molecule has 0 bridgehead atoms. The molecule has 2 fully saturated rings. The van der Waals surface area contributed by atoms with Crippen molar-refractivity contribution in [1.29, 1.82) is 0 Å². The third-order valence-corrected chi connectivity index (χ3v) is 3.64. The van der Waals surface area contributed by atoms with Gasteiger partial charge in [-0.1, -0.05) is 6.92 Å². The molecule has 74 valence electrons. The van der Waals surface area contributed by atoms with Gasteiger partial charge in [0.25, 0.3) is 0 Å². The van der Waals surface area contributed by atoms with Gasteiger partial charge in [-0.05, 0) is 30.6 Å². The molecule has 0 aromatic carbocycles. The summed E-state index contributed by atoms with van der Waals surface area (Å²) in [6, 6.07) is 0. The van der Waals surface area contributed by atoms with Crippen LogP contribution < -0.4 is 0 Å². The fraction of sp³-hybridized carbons (Fsp3) is 0.900. The van der Waals surface area contributed by atoms with Gasteiger partial charge in [0.15, 0.2) is 0 Å². The number of esters is 1. The Kier molecular flexibility index (Phi) is 2.06. The molecule has 1 N–H and O–H groups in total. The van der Waals surface area contributed by atoms with Crippen LogP contribution in [0.25, 0.3) is 0 Å². The van der Waals surface area contributed by atoms with Crippen LogP contribution in [0.3, 0.4) is 0 Å². The fourth-order valence-electron chi connectivity index (χ4n) is 2.95. The molecule has 0 amide bonds. The Morgan fingerprint density at radius 1 is 1.46 bits per heavy atom. The lowest BCUT2D eigenvalue weighted by atomic mass is 9.98. The van der Waals surface area contributed by atoms with Crippen molar-refractivity contribution in [2.75, 3.05) is 7.11 Å². The van der Waals surface area contributed by atoms with Gasteiger partial charge < -0.3 is 9.84 Å². The van der Waals surface area contributed by atoms with Crippen LogP contribution in [-0.4, -0.2) is 24.3 Å². The van der Waals surface area contributed by atoms with Crippen LogP contribution in [0.15, 0.2) is 0 Å². The van der Waals surface area contributed by atoms with E-state index in [0.717, 1.165) is 12.8 Å². The number of ether oxygens (including phenoxy) is 1. The van der Waals surface area contributed by atoms with Crippen molar-refractivity contribution in [3.8, 4) is 0 Å². The van der Waals surface area contributed by atoms with E-state index >= 15 is 0 Å². The standard InChI is InChI=1S/C10H16O3/c1-5(10(12)13-2)9-7-3-6(11)4-8(7)9/h5-9,11H,3-4H2,1-2H3/t5?,6-,7-,8+,9+. The first-order valence-corrected chi connectivity index (χ1v) is 4.91. The Bertz CT molecular complexity index is 214. The van der Waals surface area contributed by atoms with E-state index in [1.807, 2.05) is 6.92 Å². The van der Waals surface area contributed by atoms with Crippen molar-refractivity contribution in [3.05, 3.63) is 0 Å². The largest absolute Gasteiger partial charge is 0.469 e. The van der Waals surface area contributed by atoms with E-state index in [4.69, 9.17) is 4.74 Å². The van der Waals surface area contributed by atoms with Gasteiger partial charge in [-0.2, -0.15) is 0 Å². The fourth-order valence-corrected chi connectivity index (χ4v) is 2.95. The van der Waals surface area contributed by atoms with Crippen molar-refractivity contribution < 1.29 is 14.6 Å². The molecule has 13 heavy (non-hydrogen) atoms. The summed E-state index contributed by atoms with van der Waals surface area (Å²) in [7, 11) is 1.44. The predicted octanol–water partition coefficient (Wildman–Crippen LogP) is 0.812. The summed E-state index contributed by atoms with van der Waals surface area (Å²) in [5.74, 6) is 1.57. The number of fused-ring (bicyclic) bond motifs is 1. The zero-order chi connectivity index (χ0) is 9.59. The smallest absolute Gasteiger partial charge is 0.308 e. The van der Waals surface area contributed by atoms with Crippen molar-refractivity contribution >= 4 is 5.97 Å². The number of hydrogen-bond donors (Lipinski definition) is 1. The highest BCUT2D eigenvalue weighted by molar-refractivity contribution is 5.72. The lowest BCUT2D eigenvalue weighted by molar-refractivity contribution is -0.146.